The van der Waals surface area contributed by atoms with E-state index >= 15 is 0 Å². The third-order valence-electron chi connectivity index (χ3n) is 6.71. The summed E-state index contributed by atoms with van der Waals surface area (Å²) in [5.74, 6) is 2.14. The average Bonchev–Trinajstić information content (AvgIpc) is 3.72. The van der Waals surface area contributed by atoms with Gasteiger partial charge in [0, 0.05) is 34.8 Å². The number of ether oxygens (including phenoxy) is 1. The van der Waals surface area contributed by atoms with Crippen LogP contribution in [0.15, 0.2) is 54.9 Å². The molecule has 2 heterocycles. The minimum atomic E-state index is 0.198. The first-order valence-corrected chi connectivity index (χ1v) is 11.5. The van der Waals surface area contributed by atoms with Gasteiger partial charge in [0.1, 0.15) is 11.5 Å². The van der Waals surface area contributed by atoms with E-state index in [0.717, 1.165) is 59.6 Å². The second-order valence-corrected chi connectivity index (χ2v) is 9.17. The number of amides is 1. The summed E-state index contributed by atoms with van der Waals surface area (Å²) < 4.78 is 8.59. The Morgan fingerprint density at radius 3 is 2.58 bits per heavy atom. The van der Waals surface area contributed by atoms with Gasteiger partial charge in [0.15, 0.2) is 0 Å². The molecular formula is C26H27N3O2. The average molecular weight is 414 g/mol. The second kappa shape index (κ2) is 7.26. The Morgan fingerprint density at radius 1 is 1.03 bits per heavy atom. The number of aromatic nitrogens is 2. The molecule has 31 heavy (non-hydrogen) atoms. The highest BCUT2D eigenvalue weighted by molar-refractivity contribution is 5.99. The van der Waals surface area contributed by atoms with Crippen LogP contribution in [0.1, 0.15) is 50.6 Å². The van der Waals surface area contributed by atoms with Crippen LogP contribution >= 0.6 is 0 Å². The van der Waals surface area contributed by atoms with Gasteiger partial charge in [-0.2, -0.15) is 5.10 Å². The van der Waals surface area contributed by atoms with Gasteiger partial charge in [-0.1, -0.05) is 18.2 Å². The Bertz CT molecular complexity index is 1130. The maximum atomic E-state index is 13.1. The van der Waals surface area contributed by atoms with Gasteiger partial charge in [0.25, 0.3) is 0 Å². The van der Waals surface area contributed by atoms with E-state index in [-0.39, 0.29) is 17.9 Å². The number of benzene rings is 2. The lowest BCUT2D eigenvalue weighted by molar-refractivity contribution is -0.120. The zero-order chi connectivity index (χ0) is 20.9. The van der Waals surface area contributed by atoms with Crippen molar-refractivity contribution in [1.82, 2.24) is 9.78 Å². The quantitative estimate of drug-likeness (QED) is 0.535. The number of fused-ring (bicyclic) bond motifs is 1. The molecule has 6 rings (SSSR count). The van der Waals surface area contributed by atoms with Crippen LogP contribution < -0.4 is 9.64 Å². The van der Waals surface area contributed by atoms with Crippen LogP contribution in [0.2, 0.25) is 0 Å². The summed E-state index contributed by atoms with van der Waals surface area (Å²) in [6.45, 7) is 2.16. The van der Waals surface area contributed by atoms with Crippen LogP contribution in [0.25, 0.3) is 11.1 Å². The summed E-state index contributed by atoms with van der Waals surface area (Å²) in [5.41, 5.74) is 4.26. The number of anilines is 1. The zero-order valence-corrected chi connectivity index (χ0v) is 17.8. The van der Waals surface area contributed by atoms with Gasteiger partial charge in [-0.05, 0) is 69.7 Å². The van der Waals surface area contributed by atoms with E-state index in [2.05, 4.69) is 35.0 Å². The molecule has 0 bridgehead atoms. The minimum absolute atomic E-state index is 0.198. The molecule has 2 aromatic carbocycles. The third kappa shape index (κ3) is 3.42. The van der Waals surface area contributed by atoms with Crippen molar-refractivity contribution in [2.45, 2.75) is 57.5 Å². The van der Waals surface area contributed by atoms with E-state index in [0.29, 0.717) is 6.04 Å². The highest BCUT2D eigenvalue weighted by Gasteiger charge is 2.39. The highest BCUT2D eigenvalue weighted by Crippen LogP contribution is 2.46. The number of para-hydroxylation sites is 1. The molecule has 1 atom stereocenters. The SMILES string of the molecule is CC1CCc2c(ccc(-c3cnn(C4CC4)c3)c2Oc2ccccc2)N1C(=O)C1CC1. The van der Waals surface area contributed by atoms with Gasteiger partial charge in [0.2, 0.25) is 5.91 Å². The van der Waals surface area contributed by atoms with Crippen molar-refractivity contribution in [1.29, 1.82) is 0 Å². The van der Waals surface area contributed by atoms with Gasteiger partial charge < -0.3 is 9.64 Å². The Balaban J connectivity index is 1.47. The molecule has 3 aromatic rings. The lowest BCUT2D eigenvalue weighted by Crippen LogP contribution is -2.43. The molecule has 3 aliphatic rings. The molecule has 1 aromatic heterocycles. The van der Waals surface area contributed by atoms with E-state index < -0.39 is 0 Å². The van der Waals surface area contributed by atoms with Gasteiger partial charge in [-0.15, -0.1) is 0 Å². The van der Waals surface area contributed by atoms with E-state index in [1.807, 2.05) is 41.4 Å². The van der Waals surface area contributed by atoms with E-state index in [1.54, 1.807) is 0 Å². The summed E-state index contributed by atoms with van der Waals surface area (Å²) in [5, 5.41) is 4.60. The number of carbonyl (C=O) groups is 1. The van der Waals surface area contributed by atoms with Crippen LogP contribution in [-0.4, -0.2) is 21.7 Å². The molecule has 0 radical (unpaired) electrons. The molecule has 2 saturated carbocycles. The van der Waals surface area contributed by atoms with E-state index in [9.17, 15) is 4.79 Å². The normalized spacial score (nSPS) is 20.4. The van der Waals surface area contributed by atoms with Gasteiger partial charge in [0.05, 0.1) is 17.9 Å². The zero-order valence-electron chi connectivity index (χ0n) is 17.8. The Morgan fingerprint density at radius 2 is 1.84 bits per heavy atom. The molecule has 158 valence electrons. The summed E-state index contributed by atoms with van der Waals surface area (Å²) in [7, 11) is 0. The molecule has 1 aliphatic heterocycles. The Kier molecular flexibility index (Phi) is 4.37. The highest BCUT2D eigenvalue weighted by atomic mass is 16.5. The van der Waals surface area contributed by atoms with Crippen molar-refractivity contribution in [2.24, 2.45) is 5.92 Å². The van der Waals surface area contributed by atoms with Crippen LogP contribution in [0.5, 0.6) is 11.5 Å². The number of hydrogen-bond donors (Lipinski definition) is 0. The molecular weight excluding hydrogens is 386 g/mol. The van der Waals surface area contributed by atoms with Crippen molar-refractivity contribution < 1.29 is 9.53 Å². The summed E-state index contributed by atoms with van der Waals surface area (Å²) in [6.07, 6.45) is 10.4. The molecule has 2 fully saturated rings. The Labute approximate surface area is 182 Å². The van der Waals surface area contributed by atoms with Gasteiger partial charge in [-0.25, -0.2) is 0 Å². The van der Waals surface area contributed by atoms with Crippen molar-refractivity contribution in [2.75, 3.05) is 4.90 Å². The first-order chi connectivity index (χ1) is 15.2. The lowest BCUT2D eigenvalue weighted by atomic mass is 9.92. The fourth-order valence-electron chi connectivity index (χ4n) is 4.63. The van der Waals surface area contributed by atoms with Crippen LogP contribution in [0.4, 0.5) is 5.69 Å². The predicted octanol–water partition coefficient (Wildman–Crippen LogP) is 5.76. The van der Waals surface area contributed by atoms with Crippen LogP contribution in [0.3, 0.4) is 0 Å². The first-order valence-electron chi connectivity index (χ1n) is 11.5. The molecule has 0 N–H and O–H groups in total. The number of rotatable bonds is 5. The summed E-state index contributed by atoms with van der Waals surface area (Å²) in [4.78, 5) is 15.1. The van der Waals surface area contributed by atoms with Gasteiger partial charge in [-0.3, -0.25) is 9.48 Å². The molecule has 5 nitrogen and oxygen atoms in total. The van der Waals surface area contributed by atoms with E-state index in [4.69, 9.17) is 4.74 Å². The maximum Gasteiger partial charge on any atom is 0.230 e. The van der Waals surface area contributed by atoms with Crippen molar-refractivity contribution in [3.05, 3.63) is 60.4 Å². The molecule has 1 unspecified atom stereocenters. The van der Waals surface area contributed by atoms with Crippen molar-refractivity contribution in [3.8, 4) is 22.6 Å². The molecule has 1 amide bonds. The molecule has 2 aliphatic carbocycles. The van der Waals surface area contributed by atoms with Gasteiger partial charge >= 0.3 is 0 Å². The van der Waals surface area contributed by atoms with Crippen LogP contribution in [0, 0.1) is 5.92 Å². The summed E-state index contributed by atoms with van der Waals surface area (Å²) >= 11 is 0. The molecule has 5 heteroatoms. The number of hydrogen-bond acceptors (Lipinski definition) is 3. The maximum absolute atomic E-state index is 13.1. The third-order valence-corrected chi connectivity index (χ3v) is 6.71. The largest absolute Gasteiger partial charge is 0.456 e. The molecule has 0 saturated heterocycles. The first kappa shape index (κ1) is 18.7. The van der Waals surface area contributed by atoms with Crippen molar-refractivity contribution in [3.63, 3.8) is 0 Å². The predicted molar refractivity (Wildman–Crippen MR) is 120 cm³/mol. The standard InChI is InChI=1S/C26H27N3O2/c1-17-7-12-23-24(29(17)26(30)18-8-9-18)14-13-22(19-15-27-28(16-19)20-10-11-20)25(23)31-21-5-3-2-4-6-21/h2-6,13-18,20H,7-12H2,1H3. The number of nitrogens with zero attached hydrogens (tertiary/aromatic N) is 3. The molecule has 0 spiro atoms. The minimum Gasteiger partial charge on any atom is -0.456 e. The smallest absolute Gasteiger partial charge is 0.230 e. The Hall–Kier alpha value is -3.08. The monoisotopic (exact) mass is 413 g/mol. The fourth-order valence-corrected chi connectivity index (χ4v) is 4.63. The number of carbonyl (C=O) groups excluding carboxylic acids is 1. The lowest BCUT2D eigenvalue weighted by Gasteiger charge is -2.36. The van der Waals surface area contributed by atoms with Crippen LogP contribution in [-0.2, 0) is 11.2 Å². The fraction of sp³-hybridized carbons (Fsp3) is 0.385. The second-order valence-electron chi connectivity index (χ2n) is 9.17. The van der Waals surface area contributed by atoms with Crippen molar-refractivity contribution >= 4 is 11.6 Å². The summed E-state index contributed by atoms with van der Waals surface area (Å²) in [6, 6.07) is 14.9. The van der Waals surface area contributed by atoms with E-state index in [1.165, 1.54) is 12.8 Å². The topological polar surface area (TPSA) is 47.4 Å².